The van der Waals surface area contributed by atoms with E-state index < -0.39 is 0 Å². The highest BCUT2D eigenvalue weighted by Gasteiger charge is 2.25. The number of rotatable bonds is 5. The number of ether oxygens (including phenoxy) is 1. The van der Waals surface area contributed by atoms with Gasteiger partial charge in [-0.15, -0.1) is 0 Å². The molecule has 1 unspecified atom stereocenters. The quantitative estimate of drug-likeness (QED) is 0.824. The van der Waals surface area contributed by atoms with Crippen LogP contribution in [0, 0.1) is 5.92 Å². The van der Waals surface area contributed by atoms with E-state index in [0.717, 1.165) is 33.5 Å². The first-order valence-corrected chi connectivity index (χ1v) is 8.66. The maximum Gasteiger partial charge on any atom is 0.161 e. The molecule has 1 atom stereocenters. The van der Waals surface area contributed by atoms with Crippen LogP contribution in [0.5, 0.6) is 5.75 Å². The number of methoxy groups -OCH3 is 1. The molecule has 0 aromatic heterocycles. The minimum absolute atomic E-state index is 0.616. The molecule has 3 nitrogen and oxygen atoms in total. The molecule has 5 heteroatoms. The maximum atomic E-state index is 5.31. The molecule has 1 aliphatic heterocycles. The number of benzene rings is 1. The minimum atomic E-state index is 0.616. The van der Waals surface area contributed by atoms with E-state index in [9.17, 15) is 0 Å². The molecule has 1 heterocycles. The van der Waals surface area contributed by atoms with Gasteiger partial charge >= 0.3 is 0 Å². The third-order valence-electron chi connectivity index (χ3n) is 3.65. The molecule has 0 aliphatic carbocycles. The van der Waals surface area contributed by atoms with Crippen molar-refractivity contribution in [2.24, 2.45) is 10.9 Å². The number of nitrogens with zero attached hydrogens (tertiary/aromatic N) is 1. The number of nitrogens with one attached hydrogen (secondary N) is 1. The van der Waals surface area contributed by atoms with Gasteiger partial charge in [0.25, 0.3) is 0 Å². The van der Waals surface area contributed by atoms with Gasteiger partial charge in [-0.2, -0.15) is 0 Å². The highest BCUT2D eigenvalue weighted by molar-refractivity contribution is 9.10. The van der Waals surface area contributed by atoms with E-state index in [1.165, 1.54) is 12.8 Å². The van der Waals surface area contributed by atoms with Gasteiger partial charge in [0.05, 0.1) is 18.1 Å². The summed E-state index contributed by atoms with van der Waals surface area (Å²) >= 11 is 5.33. The summed E-state index contributed by atoms with van der Waals surface area (Å²) in [5.74, 6) is 1.58. The van der Waals surface area contributed by atoms with Crippen molar-refractivity contribution in [3.63, 3.8) is 0 Å². The predicted octanol–water partition coefficient (Wildman–Crippen LogP) is 4.78. The monoisotopic (exact) mass is 356 g/mol. The van der Waals surface area contributed by atoms with Crippen LogP contribution in [0.3, 0.4) is 0 Å². The van der Waals surface area contributed by atoms with Gasteiger partial charge in [0.15, 0.2) is 5.17 Å². The smallest absolute Gasteiger partial charge is 0.161 e. The highest BCUT2D eigenvalue weighted by Crippen LogP contribution is 2.33. The standard InChI is InChI=1S/C15H21BrN2OS/c1-4-10(5-2)14-9-17-15(20-14)18-11-6-7-12(16)13(8-11)19-3/h6-8,10,14H,4-5,9H2,1-3H3,(H,17,18). The summed E-state index contributed by atoms with van der Waals surface area (Å²) in [6, 6.07) is 6.00. The van der Waals surface area contributed by atoms with Crippen LogP contribution in [0.25, 0.3) is 0 Å². The van der Waals surface area contributed by atoms with Crippen molar-refractivity contribution in [2.45, 2.75) is 31.9 Å². The summed E-state index contributed by atoms with van der Waals surface area (Å²) in [5, 5.41) is 5.02. The lowest BCUT2D eigenvalue weighted by atomic mass is 9.99. The second-order valence-corrected chi connectivity index (χ2v) is 6.94. The third-order valence-corrected chi connectivity index (χ3v) is 5.60. The summed E-state index contributed by atoms with van der Waals surface area (Å²) in [6.45, 7) is 5.45. The van der Waals surface area contributed by atoms with Gasteiger partial charge in [-0.3, -0.25) is 4.99 Å². The molecule has 0 saturated carbocycles. The Kier molecular flexibility index (Phi) is 5.78. The Hall–Kier alpha value is -0.680. The van der Waals surface area contributed by atoms with Crippen LogP contribution in [0.2, 0.25) is 0 Å². The van der Waals surface area contributed by atoms with Gasteiger partial charge in [0.2, 0.25) is 0 Å². The molecule has 0 amide bonds. The van der Waals surface area contributed by atoms with Gasteiger partial charge in [-0.05, 0) is 34.0 Å². The zero-order valence-corrected chi connectivity index (χ0v) is 14.6. The first-order chi connectivity index (χ1) is 9.67. The van der Waals surface area contributed by atoms with E-state index in [1.807, 2.05) is 30.0 Å². The van der Waals surface area contributed by atoms with Crippen LogP contribution >= 0.6 is 27.7 Å². The van der Waals surface area contributed by atoms with Gasteiger partial charge in [0, 0.05) is 17.0 Å². The molecule has 1 aromatic carbocycles. The number of aliphatic imine (C=N–C) groups is 1. The minimum Gasteiger partial charge on any atom is -0.495 e. The fourth-order valence-electron chi connectivity index (χ4n) is 2.38. The van der Waals surface area contributed by atoms with E-state index in [4.69, 9.17) is 4.74 Å². The summed E-state index contributed by atoms with van der Waals surface area (Å²) in [6.07, 6.45) is 2.45. The zero-order chi connectivity index (χ0) is 14.5. The highest BCUT2D eigenvalue weighted by atomic mass is 79.9. The molecule has 0 radical (unpaired) electrons. The fraction of sp³-hybridized carbons (Fsp3) is 0.533. The second-order valence-electron chi connectivity index (χ2n) is 4.85. The largest absolute Gasteiger partial charge is 0.495 e. The van der Waals surface area contributed by atoms with Crippen molar-refractivity contribution >= 4 is 38.5 Å². The molecule has 0 spiro atoms. The molecular weight excluding hydrogens is 336 g/mol. The van der Waals surface area contributed by atoms with Crippen molar-refractivity contribution in [1.29, 1.82) is 0 Å². The van der Waals surface area contributed by atoms with Crippen LogP contribution < -0.4 is 10.1 Å². The average molecular weight is 357 g/mol. The number of anilines is 1. The lowest BCUT2D eigenvalue weighted by Gasteiger charge is -2.18. The molecule has 1 N–H and O–H groups in total. The summed E-state index contributed by atoms with van der Waals surface area (Å²) in [5.41, 5.74) is 1.02. The molecule has 1 aliphatic rings. The van der Waals surface area contributed by atoms with Crippen molar-refractivity contribution in [3.05, 3.63) is 22.7 Å². The molecule has 1 aromatic rings. The Morgan fingerprint density at radius 3 is 2.85 bits per heavy atom. The Balaban J connectivity index is 1.98. The Morgan fingerprint density at radius 2 is 2.20 bits per heavy atom. The topological polar surface area (TPSA) is 33.6 Å². The molecule has 0 bridgehead atoms. The Morgan fingerprint density at radius 1 is 1.45 bits per heavy atom. The first kappa shape index (κ1) is 15.7. The number of hydrogen-bond donors (Lipinski definition) is 1. The van der Waals surface area contributed by atoms with Gasteiger partial charge < -0.3 is 10.1 Å². The molecule has 110 valence electrons. The predicted molar refractivity (Wildman–Crippen MR) is 92.1 cm³/mol. The SMILES string of the molecule is CCC(CC)C1CN=C(Nc2ccc(Br)c(OC)c2)S1. The van der Waals surface area contributed by atoms with Crippen molar-refractivity contribution < 1.29 is 4.74 Å². The lowest BCUT2D eigenvalue weighted by molar-refractivity contribution is 0.412. The van der Waals surface area contributed by atoms with Gasteiger partial charge in [-0.25, -0.2) is 0 Å². The summed E-state index contributed by atoms with van der Waals surface area (Å²) < 4.78 is 6.27. The number of thioether (sulfide) groups is 1. The summed E-state index contributed by atoms with van der Waals surface area (Å²) in [7, 11) is 1.68. The molecular formula is C15H21BrN2OS. The number of halogens is 1. The van der Waals surface area contributed by atoms with E-state index in [1.54, 1.807) is 7.11 Å². The number of hydrogen-bond acceptors (Lipinski definition) is 4. The first-order valence-electron chi connectivity index (χ1n) is 6.99. The molecule has 0 fully saturated rings. The summed E-state index contributed by atoms with van der Waals surface area (Å²) in [4.78, 5) is 4.62. The van der Waals surface area contributed by atoms with E-state index in [2.05, 4.69) is 40.1 Å². The average Bonchev–Trinajstić information content (AvgIpc) is 2.91. The molecule has 0 saturated heterocycles. The number of amidine groups is 1. The van der Waals surface area contributed by atoms with E-state index in [-0.39, 0.29) is 0 Å². The van der Waals surface area contributed by atoms with Crippen molar-refractivity contribution in [3.8, 4) is 5.75 Å². The van der Waals surface area contributed by atoms with Crippen LogP contribution in [0.4, 0.5) is 5.69 Å². The van der Waals surface area contributed by atoms with Crippen LogP contribution in [0.1, 0.15) is 26.7 Å². The van der Waals surface area contributed by atoms with Gasteiger partial charge in [-0.1, -0.05) is 38.5 Å². The van der Waals surface area contributed by atoms with Gasteiger partial charge in [0.1, 0.15) is 5.75 Å². The third kappa shape index (κ3) is 3.70. The van der Waals surface area contributed by atoms with Crippen molar-refractivity contribution in [1.82, 2.24) is 0 Å². The molecule has 2 rings (SSSR count). The van der Waals surface area contributed by atoms with E-state index >= 15 is 0 Å². The Labute approximate surface area is 133 Å². The van der Waals surface area contributed by atoms with Crippen molar-refractivity contribution in [2.75, 3.05) is 19.0 Å². The second kappa shape index (κ2) is 7.36. The van der Waals surface area contributed by atoms with Crippen LogP contribution in [0.15, 0.2) is 27.7 Å². The lowest BCUT2D eigenvalue weighted by Crippen LogP contribution is -2.17. The fourth-order valence-corrected chi connectivity index (χ4v) is 4.13. The maximum absolute atomic E-state index is 5.31. The Bertz CT molecular complexity index is 489. The normalized spacial score (nSPS) is 18.2. The van der Waals surface area contributed by atoms with Crippen LogP contribution in [-0.2, 0) is 0 Å². The van der Waals surface area contributed by atoms with Crippen LogP contribution in [-0.4, -0.2) is 24.1 Å². The van der Waals surface area contributed by atoms with E-state index in [0.29, 0.717) is 5.25 Å². The molecule has 20 heavy (non-hydrogen) atoms. The zero-order valence-electron chi connectivity index (χ0n) is 12.1.